The zero-order valence-electron chi connectivity index (χ0n) is 30.8. The lowest BCUT2D eigenvalue weighted by Crippen LogP contribution is -2.14. The molecule has 1 aromatic heterocycles. The van der Waals surface area contributed by atoms with Gasteiger partial charge in [0.2, 0.25) is 0 Å². The lowest BCUT2D eigenvalue weighted by atomic mass is 9.83. The zero-order chi connectivity index (χ0) is 37.3. The van der Waals surface area contributed by atoms with Gasteiger partial charge in [0.1, 0.15) is 0 Å². The number of dihydropyridines is 1. The second-order valence-corrected chi connectivity index (χ2v) is 14.4. The Morgan fingerprint density at radius 3 is 1.57 bits per heavy atom. The highest BCUT2D eigenvalue weighted by atomic mass is 14.9. The summed E-state index contributed by atoms with van der Waals surface area (Å²) in [4.78, 5) is 4.72. The first-order valence-electron chi connectivity index (χ1n) is 19.2. The molecule has 1 unspecified atom stereocenters. The number of hydrogen-bond acceptors (Lipinski definition) is 2. The van der Waals surface area contributed by atoms with Gasteiger partial charge in [0.15, 0.2) is 0 Å². The summed E-state index contributed by atoms with van der Waals surface area (Å²) in [6.07, 6.45) is 10.3. The van der Waals surface area contributed by atoms with E-state index in [0.717, 1.165) is 16.8 Å². The van der Waals surface area contributed by atoms with E-state index < -0.39 is 0 Å². The second-order valence-electron chi connectivity index (χ2n) is 14.4. The van der Waals surface area contributed by atoms with Crippen LogP contribution in [0.3, 0.4) is 0 Å². The molecule has 0 spiro atoms. The highest BCUT2D eigenvalue weighted by Crippen LogP contribution is 2.46. The Kier molecular flexibility index (Phi) is 8.62. The van der Waals surface area contributed by atoms with Crippen molar-refractivity contribution < 1.29 is 0 Å². The maximum absolute atomic E-state index is 4.72. The minimum Gasteiger partial charge on any atom is -0.381 e. The summed E-state index contributed by atoms with van der Waals surface area (Å²) in [5, 5.41) is 8.41. The fourth-order valence-corrected chi connectivity index (χ4v) is 8.28. The fourth-order valence-electron chi connectivity index (χ4n) is 8.28. The van der Waals surface area contributed by atoms with Gasteiger partial charge in [0, 0.05) is 11.8 Å². The van der Waals surface area contributed by atoms with E-state index in [0.29, 0.717) is 0 Å². The summed E-state index contributed by atoms with van der Waals surface area (Å²) >= 11 is 0. The predicted octanol–water partition coefficient (Wildman–Crippen LogP) is 14.1. The van der Waals surface area contributed by atoms with Gasteiger partial charge in [-0.3, -0.25) is 4.98 Å². The predicted molar refractivity (Wildman–Crippen MR) is 236 cm³/mol. The van der Waals surface area contributed by atoms with Gasteiger partial charge in [0.25, 0.3) is 0 Å². The van der Waals surface area contributed by atoms with E-state index >= 15 is 0 Å². The largest absolute Gasteiger partial charge is 0.381 e. The summed E-state index contributed by atoms with van der Waals surface area (Å²) in [5.41, 5.74) is 15.3. The summed E-state index contributed by atoms with van der Waals surface area (Å²) in [6, 6.07) is 68.5. The van der Waals surface area contributed by atoms with Crippen LogP contribution in [0.5, 0.6) is 0 Å². The smallest absolute Gasteiger partial charge is 0.0702 e. The van der Waals surface area contributed by atoms with Crippen LogP contribution in [0.1, 0.15) is 11.6 Å². The van der Waals surface area contributed by atoms with Gasteiger partial charge in [-0.25, -0.2) is 0 Å². The molecule has 10 rings (SSSR count). The number of fused-ring (bicyclic) bond motifs is 2. The lowest BCUT2D eigenvalue weighted by Gasteiger charge is -2.21. The standard InChI is InChI=1S/C54H38N2/c1-3-15-37(16-4-1)44-33-45(38-17-5-2-6-18-38)35-46(34-44)39-27-28-49-50(36-39)54(43-22-14-20-41(32-43)52-26-10-12-30-56-52)48-24-8-7-23-47(48)53(49)42-21-13-19-40(31-42)51-25-9-11-29-55-51/h1-36,51,55H. The van der Waals surface area contributed by atoms with Crippen molar-refractivity contribution in [1.29, 1.82) is 0 Å². The average molecular weight is 715 g/mol. The van der Waals surface area contributed by atoms with Crippen LogP contribution < -0.4 is 5.32 Å². The summed E-state index contributed by atoms with van der Waals surface area (Å²) < 4.78 is 0. The third-order valence-electron chi connectivity index (χ3n) is 10.9. The highest BCUT2D eigenvalue weighted by molar-refractivity contribution is 6.22. The minimum absolute atomic E-state index is 0.119. The van der Waals surface area contributed by atoms with E-state index in [9.17, 15) is 0 Å². The first-order valence-corrected chi connectivity index (χ1v) is 19.2. The molecule has 264 valence electrons. The van der Waals surface area contributed by atoms with Gasteiger partial charge in [-0.1, -0.05) is 152 Å². The van der Waals surface area contributed by atoms with Crippen molar-refractivity contribution in [2.75, 3.05) is 0 Å². The number of nitrogens with zero attached hydrogens (tertiary/aromatic N) is 1. The number of rotatable bonds is 7. The van der Waals surface area contributed by atoms with Crippen LogP contribution in [0.4, 0.5) is 0 Å². The van der Waals surface area contributed by atoms with Gasteiger partial charge in [-0.05, 0) is 144 Å². The summed E-state index contributed by atoms with van der Waals surface area (Å²) in [7, 11) is 0. The molecule has 1 N–H and O–H groups in total. The Morgan fingerprint density at radius 1 is 0.357 bits per heavy atom. The molecule has 0 saturated carbocycles. The van der Waals surface area contributed by atoms with Crippen molar-refractivity contribution in [3.8, 4) is 66.9 Å². The third-order valence-corrected chi connectivity index (χ3v) is 10.9. The van der Waals surface area contributed by atoms with Crippen LogP contribution in [0, 0.1) is 0 Å². The molecule has 0 fully saturated rings. The van der Waals surface area contributed by atoms with E-state index in [1.807, 2.05) is 24.5 Å². The third kappa shape index (κ3) is 6.28. The van der Waals surface area contributed by atoms with Crippen molar-refractivity contribution in [2.24, 2.45) is 0 Å². The highest BCUT2D eigenvalue weighted by Gasteiger charge is 2.20. The molecule has 8 aromatic carbocycles. The number of hydrogen-bond donors (Lipinski definition) is 1. The first-order chi connectivity index (χ1) is 27.8. The van der Waals surface area contributed by atoms with Crippen molar-refractivity contribution in [1.82, 2.24) is 10.3 Å². The summed E-state index contributed by atoms with van der Waals surface area (Å²) in [5.74, 6) is 0. The molecule has 0 aliphatic carbocycles. The van der Waals surface area contributed by atoms with Gasteiger partial charge in [0.05, 0.1) is 11.7 Å². The molecule has 56 heavy (non-hydrogen) atoms. The normalized spacial score (nSPS) is 13.5. The molecule has 1 aliphatic rings. The maximum atomic E-state index is 4.72. The Bertz CT molecular complexity index is 2870. The van der Waals surface area contributed by atoms with Crippen LogP contribution in [0.15, 0.2) is 219 Å². The van der Waals surface area contributed by atoms with Crippen molar-refractivity contribution in [2.45, 2.75) is 6.04 Å². The van der Waals surface area contributed by atoms with Gasteiger partial charge >= 0.3 is 0 Å². The summed E-state index contributed by atoms with van der Waals surface area (Å²) in [6.45, 7) is 0. The molecule has 0 bridgehead atoms. The Morgan fingerprint density at radius 2 is 0.911 bits per heavy atom. The van der Waals surface area contributed by atoms with Crippen LogP contribution in [-0.2, 0) is 0 Å². The average Bonchev–Trinajstić information content (AvgIpc) is 3.29. The molecular weight excluding hydrogens is 677 g/mol. The number of benzene rings is 8. The molecule has 0 radical (unpaired) electrons. The van der Waals surface area contributed by atoms with Crippen molar-refractivity contribution in [3.63, 3.8) is 0 Å². The molecule has 2 nitrogen and oxygen atoms in total. The molecule has 2 heteroatoms. The van der Waals surface area contributed by atoms with E-state index in [1.54, 1.807) is 0 Å². The van der Waals surface area contributed by atoms with Crippen LogP contribution in [0.2, 0.25) is 0 Å². The lowest BCUT2D eigenvalue weighted by molar-refractivity contribution is 0.747. The monoisotopic (exact) mass is 714 g/mol. The number of allylic oxidation sites excluding steroid dienone is 2. The molecular formula is C54H38N2. The van der Waals surface area contributed by atoms with E-state index in [4.69, 9.17) is 4.98 Å². The number of pyridine rings is 1. The fraction of sp³-hybridized carbons (Fsp3) is 0.0185. The Labute approximate surface area is 327 Å². The molecule has 9 aromatic rings. The molecule has 1 atom stereocenters. The topological polar surface area (TPSA) is 24.9 Å². The van der Waals surface area contributed by atoms with Crippen LogP contribution >= 0.6 is 0 Å². The maximum Gasteiger partial charge on any atom is 0.0702 e. The van der Waals surface area contributed by atoms with E-state index in [-0.39, 0.29) is 6.04 Å². The molecule has 0 amide bonds. The SMILES string of the molecule is C1=CNC(c2cccc(-c3c4ccccc4c(-c4cccc(-c5ccccn5)c4)c4cc(-c5cc(-c6ccccc6)cc(-c6ccccc6)c5)ccc34)c2)C=C1. The van der Waals surface area contributed by atoms with Gasteiger partial charge in [-0.2, -0.15) is 0 Å². The Balaban J connectivity index is 1.25. The van der Waals surface area contributed by atoms with Crippen LogP contribution in [-0.4, -0.2) is 4.98 Å². The Hall–Kier alpha value is -7.29. The van der Waals surface area contributed by atoms with Crippen molar-refractivity contribution >= 4 is 21.5 Å². The van der Waals surface area contributed by atoms with Crippen LogP contribution in [0.25, 0.3) is 88.4 Å². The number of aromatic nitrogens is 1. The van der Waals surface area contributed by atoms with Gasteiger partial charge < -0.3 is 5.32 Å². The van der Waals surface area contributed by atoms with Gasteiger partial charge in [-0.15, -0.1) is 0 Å². The first kappa shape index (κ1) is 33.3. The minimum atomic E-state index is 0.119. The molecule has 1 aliphatic heterocycles. The molecule has 0 saturated heterocycles. The quantitative estimate of drug-likeness (QED) is 0.166. The second kappa shape index (κ2) is 14.5. The molecule has 2 heterocycles. The zero-order valence-corrected chi connectivity index (χ0v) is 30.8. The van der Waals surface area contributed by atoms with Crippen molar-refractivity contribution in [3.05, 3.63) is 224 Å². The van der Waals surface area contributed by atoms with E-state index in [2.05, 4.69) is 199 Å². The number of nitrogens with one attached hydrogen (secondary N) is 1. The van der Waals surface area contributed by atoms with E-state index in [1.165, 1.54) is 77.2 Å².